The Balaban J connectivity index is 1.41. The summed E-state index contributed by atoms with van der Waals surface area (Å²) in [5.74, 6) is -0.680. The summed E-state index contributed by atoms with van der Waals surface area (Å²) in [4.78, 5) is 26.4. The van der Waals surface area contributed by atoms with Gasteiger partial charge in [0.2, 0.25) is 11.8 Å². The van der Waals surface area contributed by atoms with Crippen molar-refractivity contribution in [1.82, 2.24) is 10.2 Å². The molecule has 0 aliphatic carbocycles. The van der Waals surface area contributed by atoms with E-state index in [1.165, 1.54) is 43.4 Å². The SMILES string of the molecule is COc1ccc(C(=O)Nc2nnc([C@H]3CC(=O)N(c4ccc(OC(F)(F)F)cc4)C3)o2)cc1OC. The maximum Gasteiger partial charge on any atom is 0.573 e. The average molecular weight is 492 g/mol. The summed E-state index contributed by atoms with van der Waals surface area (Å²) in [6.07, 6.45) is -4.76. The van der Waals surface area contributed by atoms with Crippen LogP contribution in [0.2, 0.25) is 0 Å². The zero-order valence-corrected chi connectivity index (χ0v) is 18.5. The lowest BCUT2D eigenvalue weighted by Gasteiger charge is -2.17. The molecule has 2 aromatic carbocycles. The smallest absolute Gasteiger partial charge is 0.493 e. The number of rotatable bonds is 7. The summed E-state index contributed by atoms with van der Waals surface area (Å²) in [6.45, 7) is 0.170. The highest BCUT2D eigenvalue weighted by Gasteiger charge is 2.35. The van der Waals surface area contributed by atoms with Gasteiger partial charge in [0.25, 0.3) is 5.91 Å². The molecule has 2 heterocycles. The van der Waals surface area contributed by atoms with Crippen molar-refractivity contribution in [3.63, 3.8) is 0 Å². The Kier molecular flexibility index (Phi) is 6.49. The fourth-order valence-corrected chi connectivity index (χ4v) is 3.55. The number of hydrogen-bond acceptors (Lipinski definition) is 8. The van der Waals surface area contributed by atoms with Crippen molar-refractivity contribution in [2.75, 3.05) is 31.0 Å². The fourth-order valence-electron chi connectivity index (χ4n) is 3.55. The molecule has 1 aliphatic heterocycles. The van der Waals surface area contributed by atoms with Crippen LogP contribution in [-0.2, 0) is 4.79 Å². The summed E-state index contributed by atoms with van der Waals surface area (Å²) < 4.78 is 56.7. The molecular weight excluding hydrogens is 473 g/mol. The van der Waals surface area contributed by atoms with Gasteiger partial charge in [-0.1, -0.05) is 5.10 Å². The number of methoxy groups -OCH3 is 2. The van der Waals surface area contributed by atoms with E-state index in [1.54, 1.807) is 6.07 Å². The molecule has 0 radical (unpaired) electrons. The molecule has 1 fully saturated rings. The van der Waals surface area contributed by atoms with E-state index in [0.29, 0.717) is 17.2 Å². The molecule has 1 aliphatic rings. The van der Waals surface area contributed by atoms with E-state index >= 15 is 0 Å². The number of alkyl halides is 3. The van der Waals surface area contributed by atoms with E-state index in [1.807, 2.05) is 0 Å². The van der Waals surface area contributed by atoms with Gasteiger partial charge in [-0.25, -0.2) is 0 Å². The van der Waals surface area contributed by atoms with Gasteiger partial charge in [-0.2, -0.15) is 0 Å². The number of carbonyl (C=O) groups is 2. The number of nitrogens with one attached hydrogen (secondary N) is 1. The number of nitrogens with zero attached hydrogens (tertiary/aromatic N) is 3. The van der Waals surface area contributed by atoms with Gasteiger partial charge >= 0.3 is 12.4 Å². The highest BCUT2D eigenvalue weighted by atomic mass is 19.4. The van der Waals surface area contributed by atoms with Crippen molar-refractivity contribution >= 4 is 23.5 Å². The molecule has 2 amide bonds. The normalized spacial score (nSPS) is 15.7. The zero-order chi connectivity index (χ0) is 25.2. The van der Waals surface area contributed by atoms with Crippen LogP contribution in [0.1, 0.15) is 28.6 Å². The monoisotopic (exact) mass is 492 g/mol. The van der Waals surface area contributed by atoms with Gasteiger partial charge < -0.3 is 23.5 Å². The van der Waals surface area contributed by atoms with Crippen LogP contribution in [0.5, 0.6) is 17.2 Å². The van der Waals surface area contributed by atoms with Gasteiger partial charge in [-0.15, -0.1) is 18.3 Å². The summed E-state index contributed by atoms with van der Waals surface area (Å²) in [5, 5.41) is 10.2. The van der Waals surface area contributed by atoms with Crippen LogP contribution in [0.25, 0.3) is 0 Å². The van der Waals surface area contributed by atoms with E-state index < -0.39 is 23.9 Å². The summed E-state index contributed by atoms with van der Waals surface area (Å²) >= 11 is 0. The second kappa shape index (κ2) is 9.52. The Labute approximate surface area is 196 Å². The van der Waals surface area contributed by atoms with Crippen molar-refractivity contribution in [2.24, 2.45) is 0 Å². The Bertz CT molecular complexity index is 1230. The molecule has 0 saturated carbocycles. The lowest BCUT2D eigenvalue weighted by molar-refractivity contribution is -0.274. The lowest BCUT2D eigenvalue weighted by Crippen LogP contribution is -2.24. The number of amides is 2. The van der Waals surface area contributed by atoms with Gasteiger partial charge in [0.1, 0.15) is 5.75 Å². The highest BCUT2D eigenvalue weighted by molar-refractivity contribution is 6.03. The van der Waals surface area contributed by atoms with Crippen molar-refractivity contribution in [3.05, 3.63) is 53.9 Å². The Hall–Kier alpha value is -4.29. The third-order valence-electron chi connectivity index (χ3n) is 5.16. The van der Waals surface area contributed by atoms with E-state index in [4.69, 9.17) is 13.9 Å². The summed E-state index contributed by atoms with van der Waals surface area (Å²) in [6, 6.07) is 9.40. The molecule has 10 nitrogen and oxygen atoms in total. The number of carbonyl (C=O) groups excluding carboxylic acids is 2. The van der Waals surface area contributed by atoms with Crippen LogP contribution in [0.3, 0.4) is 0 Å². The van der Waals surface area contributed by atoms with Crippen LogP contribution in [-0.4, -0.2) is 49.1 Å². The van der Waals surface area contributed by atoms with Crippen LogP contribution >= 0.6 is 0 Å². The topological polar surface area (TPSA) is 116 Å². The average Bonchev–Trinajstić information content (AvgIpc) is 3.44. The van der Waals surface area contributed by atoms with Gasteiger partial charge in [-0.3, -0.25) is 14.9 Å². The number of hydrogen-bond donors (Lipinski definition) is 1. The minimum atomic E-state index is -4.80. The Morgan fingerprint density at radius 1 is 1.09 bits per heavy atom. The summed E-state index contributed by atoms with van der Waals surface area (Å²) in [5.41, 5.74) is 0.663. The molecule has 1 saturated heterocycles. The summed E-state index contributed by atoms with van der Waals surface area (Å²) in [7, 11) is 2.92. The molecule has 3 aromatic rings. The van der Waals surface area contributed by atoms with Gasteiger partial charge in [0.15, 0.2) is 11.5 Å². The molecule has 0 bridgehead atoms. The second-order valence-electron chi connectivity index (χ2n) is 7.42. The molecule has 1 N–H and O–H groups in total. The van der Waals surface area contributed by atoms with Crippen LogP contribution in [0.15, 0.2) is 46.9 Å². The van der Waals surface area contributed by atoms with Crippen molar-refractivity contribution in [3.8, 4) is 17.2 Å². The molecule has 35 heavy (non-hydrogen) atoms. The first-order chi connectivity index (χ1) is 16.7. The number of anilines is 2. The third kappa shape index (κ3) is 5.45. The largest absolute Gasteiger partial charge is 0.573 e. The highest BCUT2D eigenvalue weighted by Crippen LogP contribution is 2.33. The minimum absolute atomic E-state index is 0.0477. The standard InChI is InChI=1S/C22H19F3N4O6/c1-32-16-8-3-12(9-17(16)33-2)19(31)26-21-28-27-20(34-21)13-10-18(30)29(11-13)14-4-6-15(7-5-14)35-22(23,24)25/h3-9,13H,10-11H2,1-2H3,(H,26,28,31)/t13-/m0/s1. The predicted octanol–water partition coefficient (Wildman–Crippen LogP) is 3.76. The number of halogens is 3. The Morgan fingerprint density at radius 2 is 1.80 bits per heavy atom. The quantitative estimate of drug-likeness (QED) is 0.530. The fraction of sp³-hybridized carbons (Fsp3) is 0.273. The van der Waals surface area contributed by atoms with E-state index in [9.17, 15) is 22.8 Å². The van der Waals surface area contributed by atoms with Gasteiger partial charge in [0, 0.05) is 24.2 Å². The Morgan fingerprint density at radius 3 is 2.46 bits per heavy atom. The van der Waals surface area contributed by atoms with E-state index in [-0.39, 0.29) is 36.3 Å². The van der Waals surface area contributed by atoms with Crippen LogP contribution < -0.4 is 24.4 Å². The second-order valence-corrected chi connectivity index (χ2v) is 7.42. The van der Waals surface area contributed by atoms with Crippen LogP contribution in [0, 0.1) is 0 Å². The zero-order valence-electron chi connectivity index (χ0n) is 18.5. The molecule has 0 spiro atoms. The van der Waals surface area contributed by atoms with Crippen molar-refractivity contribution in [2.45, 2.75) is 18.7 Å². The van der Waals surface area contributed by atoms with E-state index in [2.05, 4.69) is 20.3 Å². The lowest BCUT2D eigenvalue weighted by atomic mass is 10.1. The number of benzene rings is 2. The maximum atomic E-state index is 12.5. The van der Waals surface area contributed by atoms with Crippen LogP contribution in [0.4, 0.5) is 24.9 Å². The molecule has 1 atom stereocenters. The van der Waals surface area contributed by atoms with Gasteiger partial charge in [-0.05, 0) is 42.5 Å². The molecular formula is C22H19F3N4O6. The number of ether oxygens (including phenoxy) is 3. The first-order valence-electron chi connectivity index (χ1n) is 10.2. The molecule has 4 rings (SSSR count). The molecule has 184 valence electrons. The minimum Gasteiger partial charge on any atom is -0.493 e. The third-order valence-corrected chi connectivity index (χ3v) is 5.16. The first kappa shape index (κ1) is 23.9. The van der Waals surface area contributed by atoms with Crippen molar-refractivity contribution in [1.29, 1.82) is 0 Å². The van der Waals surface area contributed by atoms with Gasteiger partial charge in [0.05, 0.1) is 20.1 Å². The molecule has 0 unspecified atom stereocenters. The van der Waals surface area contributed by atoms with E-state index in [0.717, 1.165) is 12.1 Å². The van der Waals surface area contributed by atoms with Crippen molar-refractivity contribution < 1.29 is 41.4 Å². The number of aromatic nitrogens is 2. The molecule has 13 heteroatoms. The molecule has 1 aromatic heterocycles. The maximum absolute atomic E-state index is 12.5. The first-order valence-corrected chi connectivity index (χ1v) is 10.2. The predicted molar refractivity (Wildman–Crippen MR) is 115 cm³/mol.